The number of imidazole rings is 1. The molecule has 3 aromatic rings. The van der Waals surface area contributed by atoms with Crippen LogP contribution in [0.4, 0.5) is 14.7 Å². The first-order valence-electron chi connectivity index (χ1n) is 5.68. The second kappa shape index (κ2) is 5.06. The normalized spacial score (nSPS) is 10.8. The molecule has 21 heavy (non-hydrogen) atoms. The Morgan fingerprint density at radius 1 is 1.24 bits per heavy atom. The summed E-state index contributed by atoms with van der Waals surface area (Å²) in [4.78, 5) is 26.2. The van der Waals surface area contributed by atoms with E-state index in [1.807, 2.05) is 0 Å². The van der Waals surface area contributed by atoms with Crippen molar-refractivity contribution in [2.75, 3.05) is 5.32 Å². The van der Waals surface area contributed by atoms with Gasteiger partial charge in [0.2, 0.25) is 5.95 Å². The average Bonchev–Trinajstić information content (AvgIpc) is 2.87. The number of anilines is 1. The summed E-state index contributed by atoms with van der Waals surface area (Å²) in [5.41, 5.74) is -0.106. The second-order valence-corrected chi connectivity index (χ2v) is 4.35. The summed E-state index contributed by atoms with van der Waals surface area (Å²) in [5.74, 6) is -3.19. The lowest BCUT2D eigenvalue weighted by Crippen LogP contribution is -2.17. The van der Waals surface area contributed by atoms with Gasteiger partial charge in [0.1, 0.15) is 22.7 Å². The highest BCUT2D eigenvalue weighted by Gasteiger charge is 2.19. The number of carbonyl (C=O) groups excluding carboxylic acids is 1. The fourth-order valence-corrected chi connectivity index (χ4v) is 1.95. The molecule has 0 aliphatic carbocycles. The third-order valence-corrected chi connectivity index (χ3v) is 2.93. The Bertz CT molecular complexity index is 831. The van der Waals surface area contributed by atoms with Crippen LogP contribution < -0.4 is 5.32 Å². The van der Waals surface area contributed by atoms with Crippen LogP contribution in [0.5, 0.6) is 0 Å². The van der Waals surface area contributed by atoms with E-state index in [0.717, 1.165) is 18.2 Å². The minimum Gasteiger partial charge on any atom is -0.341 e. The zero-order valence-corrected chi connectivity index (χ0v) is 10.9. The molecule has 3 rings (SSSR count). The topological polar surface area (TPSA) is 83.6 Å². The van der Waals surface area contributed by atoms with Crippen LogP contribution in [0.1, 0.15) is 10.4 Å². The Morgan fingerprint density at radius 3 is 2.67 bits per heavy atom. The highest BCUT2D eigenvalue weighted by Crippen LogP contribution is 2.19. The average molecular weight is 310 g/mol. The molecule has 0 unspecified atom stereocenters. The van der Waals surface area contributed by atoms with E-state index in [-0.39, 0.29) is 16.7 Å². The van der Waals surface area contributed by atoms with E-state index in [9.17, 15) is 13.6 Å². The molecule has 106 valence electrons. The summed E-state index contributed by atoms with van der Waals surface area (Å²) in [6.45, 7) is 0. The molecular formula is C12H6ClF2N5O. The van der Waals surface area contributed by atoms with Crippen LogP contribution in [-0.2, 0) is 0 Å². The predicted octanol–water partition coefficient (Wildman–Crippen LogP) is 2.54. The molecular weight excluding hydrogens is 304 g/mol. The minimum atomic E-state index is -1.02. The summed E-state index contributed by atoms with van der Waals surface area (Å²) in [5, 5.41) is 2.21. The predicted molar refractivity (Wildman–Crippen MR) is 71.0 cm³/mol. The van der Waals surface area contributed by atoms with E-state index < -0.39 is 23.1 Å². The largest absolute Gasteiger partial charge is 0.341 e. The lowest BCUT2D eigenvalue weighted by Gasteiger charge is -2.06. The summed E-state index contributed by atoms with van der Waals surface area (Å²) < 4.78 is 27.0. The first-order chi connectivity index (χ1) is 10.1. The molecule has 0 saturated carbocycles. The van der Waals surface area contributed by atoms with Crippen LogP contribution in [0.15, 0.2) is 24.5 Å². The fraction of sp³-hybridized carbons (Fsp3) is 0. The third kappa shape index (κ3) is 2.40. The maximum Gasteiger partial charge on any atom is 0.263 e. The highest BCUT2D eigenvalue weighted by atomic mass is 35.5. The maximum atomic E-state index is 13.5. The van der Waals surface area contributed by atoms with Gasteiger partial charge in [-0.3, -0.25) is 10.1 Å². The van der Waals surface area contributed by atoms with Crippen molar-refractivity contribution in [2.45, 2.75) is 0 Å². The van der Waals surface area contributed by atoms with Crippen LogP contribution in [0.25, 0.3) is 11.2 Å². The number of fused-ring (bicyclic) bond motifs is 1. The number of hydrogen-bond donors (Lipinski definition) is 2. The van der Waals surface area contributed by atoms with Gasteiger partial charge >= 0.3 is 0 Å². The summed E-state index contributed by atoms with van der Waals surface area (Å²) in [7, 11) is 0. The lowest BCUT2D eigenvalue weighted by atomic mass is 10.2. The van der Waals surface area contributed by atoms with Gasteiger partial charge in [0, 0.05) is 0 Å². The van der Waals surface area contributed by atoms with E-state index >= 15 is 0 Å². The molecule has 2 N–H and O–H groups in total. The molecule has 0 saturated heterocycles. The molecule has 0 fully saturated rings. The van der Waals surface area contributed by atoms with Gasteiger partial charge in [-0.2, -0.15) is 9.97 Å². The van der Waals surface area contributed by atoms with Gasteiger partial charge in [-0.25, -0.2) is 13.8 Å². The number of hydrogen-bond acceptors (Lipinski definition) is 4. The smallest absolute Gasteiger partial charge is 0.263 e. The Kier molecular flexibility index (Phi) is 3.22. The number of aromatic nitrogens is 4. The number of amides is 1. The Hall–Kier alpha value is -2.61. The van der Waals surface area contributed by atoms with E-state index in [2.05, 4.69) is 25.3 Å². The maximum absolute atomic E-state index is 13.5. The zero-order valence-electron chi connectivity index (χ0n) is 10.2. The van der Waals surface area contributed by atoms with E-state index in [0.29, 0.717) is 5.52 Å². The van der Waals surface area contributed by atoms with Crippen molar-refractivity contribution in [2.24, 2.45) is 0 Å². The fourth-order valence-electron chi connectivity index (χ4n) is 1.73. The number of rotatable bonds is 2. The molecule has 0 aliphatic heterocycles. The first-order valence-corrected chi connectivity index (χ1v) is 6.06. The minimum absolute atomic E-state index is 0.0294. The molecule has 0 atom stereocenters. The molecule has 1 aromatic carbocycles. The Balaban J connectivity index is 1.96. The monoisotopic (exact) mass is 309 g/mol. The number of nitrogens with one attached hydrogen (secondary N) is 2. The number of H-pyrrole nitrogens is 1. The van der Waals surface area contributed by atoms with Crippen molar-refractivity contribution in [3.63, 3.8) is 0 Å². The molecule has 0 spiro atoms. The summed E-state index contributed by atoms with van der Waals surface area (Å²) >= 11 is 5.87. The van der Waals surface area contributed by atoms with E-state index in [1.54, 1.807) is 0 Å². The van der Waals surface area contributed by atoms with Crippen molar-refractivity contribution in [3.05, 3.63) is 46.9 Å². The Morgan fingerprint density at radius 2 is 1.95 bits per heavy atom. The summed E-state index contributed by atoms with van der Waals surface area (Å²) in [6.07, 6.45) is 1.35. The van der Waals surface area contributed by atoms with Crippen LogP contribution in [0, 0.1) is 11.6 Å². The molecule has 9 heteroatoms. The molecule has 0 aliphatic rings. The number of carbonyl (C=O) groups is 1. The quantitative estimate of drug-likeness (QED) is 0.713. The molecule has 1 amide bonds. The van der Waals surface area contributed by atoms with Crippen molar-refractivity contribution in [1.82, 2.24) is 19.9 Å². The van der Waals surface area contributed by atoms with Crippen molar-refractivity contribution >= 4 is 34.6 Å². The van der Waals surface area contributed by atoms with Crippen molar-refractivity contribution in [3.8, 4) is 0 Å². The van der Waals surface area contributed by atoms with Gasteiger partial charge in [0.05, 0.1) is 6.33 Å². The number of aromatic amines is 1. The lowest BCUT2D eigenvalue weighted by molar-refractivity contribution is 0.101. The van der Waals surface area contributed by atoms with Gasteiger partial charge < -0.3 is 4.98 Å². The molecule has 6 nitrogen and oxygen atoms in total. The van der Waals surface area contributed by atoms with Gasteiger partial charge in [-0.05, 0) is 12.1 Å². The standard InChI is InChI=1S/C12H6ClF2N5O/c13-9-8-10(17-4-16-8)19-12(18-9)20-11(21)7-5(14)2-1-3-6(7)15/h1-4H,(H2,16,17,18,19,20,21). The summed E-state index contributed by atoms with van der Waals surface area (Å²) in [6, 6.07) is 3.11. The molecule has 2 aromatic heterocycles. The molecule has 2 heterocycles. The molecule has 0 radical (unpaired) electrons. The van der Waals surface area contributed by atoms with E-state index in [4.69, 9.17) is 11.6 Å². The number of nitrogens with zero attached hydrogens (tertiary/aromatic N) is 3. The van der Waals surface area contributed by atoms with Crippen LogP contribution in [0.3, 0.4) is 0 Å². The zero-order chi connectivity index (χ0) is 15.0. The number of halogens is 3. The number of benzene rings is 1. The van der Waals surface area contributed by atoms with Gasteiger partial charge in [-0.15, -0.1) is 0 Å². The van der Waals surface area contributed by atoms with Crippen LogP contribution in [0.2, 0.25) is 5.15 Å². The van der Waals surface area contributed by atoms with Crippen molar-refractivity contribution < 1.29 is 13.6 Å². The van der Waals surface area contributed by atoms with Crippen LogP contribution in [-0.4, -0.2) is 25.8 Å². The first kappa shape index (κ1) is 13.4. The van der Waals surface area contributed by atoms with Gasteiger partial charge in [0.25, 0.3) is 5.91 Å². The SMILES string of the molecule is O=C(Nc1nc(Cl)c2[nH]cnc2n1)c1c(F)cccc1F. The van der Waals surface area contributed by atoms with Gasteiger partial charge in [0.15, 0.2) is 10.8 Å². The van der Waals surface area contributed by atoms with E-state index in [1.165, 1.54) is 6.33 Å². The van der Waals surface area contributed by atoms with Crippen LogP contribution >= 0.6 is 11.6 Å². The van der Waals surface area contributed by atoms with Crippen molar-refractivity contribution in [1.29, 1.82) is 0 Å². The second-order valence-electron chi connectivity index (χ2n) is 3.99. The highest BCUT2D eigenvalue weighted by molar-refractivity contribution is 6.33. The molecule has 0 bridgehead atoms. The Labute approximate surface area is 121 Å². The van der Waals surface area contributed by atoms with Gasteiger partial charge in [-0.1, -0.05) is 17.7 Å². The third-order valence-electron chi connectivity index (χ3n) is 2.66.